The maximum Gasteiger partial charge on any atom is 0.246 e. The third-order valence-electron chi connectivity index (χ3n) is 2.97. The van der Waals surface area contributed by atoms with Crippen LogP contribution in [0.15, 0.2) is 12.3 Å². The number of hydrogen-bond acceptors (Lipinski definition) is 4. The first-order valence-electron chi connectivity index (χ1n) is 6.31. The Labute approximate surface area is 107 Å². The summed E-state index contributed by atoms with van der Waals surface area (Å²) in [5.74, 6) is -0.0841. The largest absolute Gasteiger partial charge is 0.368 e. The zero-order valence-electron chi connectivity index (χ0n) is 10.7. The first kappa shape index (κ1) is 13.0. The maximum absolute atomic E-state index is 11.6. The van der Waals surface area contributed by atoms with Crippen LogP contribution in [-0.4, -0.2) is 41.5 Å². The number of rotatable bonds is 5. The summed E-state index contributed by atoms with van der Waals surface area (Å²) in [6, 6.07) is 1.88. The van der Waals surface area contributed by atoms with Gasteiger partial charge < -0.3 is 15.4 Å². The summed E-state index contributed by atoms with van der Waals surface area (Å²) in [6.07, 6.45) is 4.03. The predicted molar refractivity (Wildman–Crippen MR) is 66.9 cm³/mol. The molecular weight excluding hydrogens is 232 g/mol. The number of nitrogens with zero attached hydrogens (tertiary/aromatic N) is 2. The van der Waals surface area contributed by atoms with E-state index in [9.17, 15) is 4.79 Å². The smallest absolute Gasteiger partial charge is 0.246 e. The molecule has 6 heteroatoms. The van der Waals surface area contributed by atoms with E-state index in [-0.39, 0.29) is 18.6 Å². The number of aryl methyl sites for hydroxylation is 1. The molecule has 2 rings (SSSR count). The number of ether oxygens (including phenoxy) is 1. The Bertz CT molecular complexity index is 385. The molecule has 1 aliphatic heterocycles. The number of carbonyl (C=O) groups is 1. The van der Waals surface area contributed by atoms with Crippen LogP contribution in [0.25, 0.3) is 0 Å². The van der Waals surface area contributed by atoms with Crippen LogP contribution in [-0.2, 0) is 23.1 Å². The van der Waals surface area contributed by atoms with Crippen molar-refractivity contribution < 1.29 is 9.53 Å². The summed E-state index contributed by atoms with van der Waals surface area (Å²) in [5.41, 5.74) is 0.854. The average Bonchev–Trinajstić information content (AvgIpc) is 2.81. The molecule has 0 saturated carbocycles. The van der Waals surface area contributed by atoms with Crippen molar-refractivity contribution in [1.29, 1.82) is 0 Å². The Balaban J connectivity index is 1.62. The Kier molecular flexibility index (Phi) is 4.72. The van der Waals surface area contributed by atoms with Crippen molar-refractivity contribution in [3.63, 3.8) is 0 Å². The Hall–Kier alpha value is -1.40. The van der Waals surface area contributed by atoms with Gasteiger partial charge in [0, 0.05) is 13.2 Å². The van der Waals surface area contributed by atoms with Crippen LogP contribution in [0.3, 0.4) is 0 Å². The van der Waals surface area contributed by atoms with E-state index in [0.717, 1.165) is 31.6 Å². The third-order valence-corrected chi connectivity index (χ3v) is 2.97. The monoisotopic (exact) mass is 252 g/mol. The molecule has 0 unspecified atom stereocenters. The number of carbonyl (C=O) groups excluding carboxylic acids is 1. The summed E-state index contributed by atoms with van der Waals surface area (Å²) in [7, 11) is 1.85. The summed E-state index contributed by atoms with van der Waals surface area (Å²) in [6.45, 7) is 2.53. The predicted octanol–water partition coefficient (Wildman–Crippen LogP) is -0.195. The second-order valence-electron chi connectivity index (χ2n) is 4.52. The second kappa shape index (κ2) is 6.51. The summed E-state index contributed by atoms with van der Waals surface area (Å²) in [4.78, 5) is 11.6. The molecule has 100 valence electrons. The minimum absolute atomic E-state index is 0.0841. The maximum atomic E-state index is 11.6. The van der Waals surface area contributed by atoms with Gasteiger partial charge in [-0.25, -0.2) is 0 Å². The van der Waals surface area contributed by atoms with Crippen molar-refractivity contribution in [3.05, 3.63) is 18.0 Å². The topological polar surface area (TPSA) is 68.2 Å². The van der Waals surface area contributed by atoms with Crippen LogP contribution in [0.2, 0.25) is 0 Å². The Morgan fingerprint density at radius 1 is 1.61 bits per heavy atom. The lowest BCUT2D eigenvalue weighted by Crippen LogP contribution is -2.35. The average molecular weight is 252 g/mol. The van der Waals surface area contributed by atoms with Crippen molar-refractivity contribution in [2.75, 3.05) is 19.7 Å². The standard InChI is InChI=1S/C12H20N4O2/c1-16-7-4-10(15-16)8-14-12(17)9-18-11-2-5-13-6-3-11/h4,7,11,13H,2-3,5-6,8-9H2,1H3,(H,14,17). The van der Waals surface area contributed by atoms with Gasteiger partial charge in [0.25, 0.3) is 0 Å². The van der Waals surface area contributed by atoms with Gasteiger partial charge in [0.05, 0.1) is 18.3 Å². The molecule has 2 N–H and O–H groups in total. The fourth-order valence-corrected chi connectivity index (χ4v) is 1.95. The van der Waals surface area contributed by atoms with Crippen molar-refractivity contribution in [3.8, 4) is 0 Å². The molecule has 0 aromatic carbocycles. The van der Waals surface area contributed by atoms with Crippen LogP contribution >= 0.6 is 0 Å². The molecule has 1 saturated heterocycles. The molecule has 1 amide bonds. The highest BCUT2D eigenvalue weighted by Gasteiger charge is 2.14. The number of aromatic nitrogens is 2. The summed E-state index contributed by atoms with van der Waals surface area (Å²) < 4.78 is 7.28. The molecule has 0 radical (unpaired) electrons. The fraction of sp³-hybridized carbons (Fsp3) is 0.667. The molecule has 0 spiro atoms. The molecular formula is C12H20N4O2. The van der Waals surface area contributed by atoms with Gasteiger partial charge in [-0.15, -0.1) is 0 Å². The van der Waals surface area contributed by atoms with Gasteiger partial charge in [-0.2, -0.15) is 5.10 Å². The minimum atomic E-state index is -0.0841. The number of nitrogens with one attached hydrogen (secondary N) is 2. The Morgan fingerprint density at radius 3 is 3.06 bits per heavy atom. The van der Waals surface area contributed by atoms with E-state index >= 15 is 0 Å². The molecule has 1 fully saturated rings. The fourth-order valence-electron chi connectivity index (χ4n) is 1.95. The molecule has 0 atom stereocenters. The molecule has 2 heterocycles. The Morgan fingerprint density at radius 2 is 2.39 bits per heavy atom. The van der Waals surface area contributed by atoms with E-state index < -0.39 is 0 Å². The van der Waals surface area contributed by atoms with Gasteiger partial charge in [0.2, 0.25) is 5.91 Å². The van der Waals surface area contributed by atoms with Crippen molar-refractivity contribution >= 4 is 5.91 Å². The van der Waals surface area contributed by atoms with Gasteiger partial charge >= 0.3 is 0 Å². The second-order valence-corrected chi connectivity index (χ2v) is 4.52. The van der Waals surface area contributed by atoms with Crippen LogP contribution in [0, 0.1) is 0 Å². The van der Waals surface area contributed by atoms with Crippen molar-refractivity contribution in [2.24, 2.45) is 7.05 Å². The van der Waals surface area contributed by atoms with Crippen molar-refractivity contribution in [1.82, 2.24) is 20.4 Å². The van der Waals surface area contributed by atoms with Gasteiger partial charge in [-0.05, 0) is 32.0 Å². The van der Waals surface area contributed by atoms with E-state index in [4.69, 9.17) is 4.74 Å². The third kappa shape index (κ3) is 4.12. The first-order chi connectivity index (χ1) is 8.74. The lowest BCUT2D eigenvalue weighted by molar-refractivity contribution is -0.128. The van der Waals surface area contributed by atoms with E-state index in [1.807, 2.05) is 19.3 Å². The van der Waals surface area contributed by atoms with E-state index in [2.05, 4.69) is 15.7 Å². The zero-order chi connectivity index (χ0) is 12.8. The number of hydrogen-bond donors (Lipinski definition) is 2. The van der Waals surface area contributed by atoms with Crippen LogP contribution in [0.5, 0.6) is 0 Å². The number of amides is 1. The quantitative estimate of drug-likeness (QED) is 0.762. The van der Waals surface area contributed by atoms with Gasteiger partial charge in [0.1, 0.15) is 6.61 Å². The number of piperidine rings is 1. The first-order valence-corrected chi connectivity index (χ1v) is 6.31. The molecule has 1 aromatic rings. The van der Waals surface area contributed by atoms with E-state index in [1.54, 1.807) is 4.68 Å². The zero-order valence-corrected chi connectivity index (χ0v) is 10.7. The highest BCUT2D eigenvalue weighted by atomic mass is 16.5. The normalized spacial score (nSPS) is 16.7. The molecule has 0 bridgehead atoms. The lowest BCUT2D eigenvalue weighted by atomic mass is 10.1. The highest BCUT2D eigenvalue weighted by molar-refractivity contribution is 5.77. The minimum Gasteiger partial charge on any atom is -0.368 e. The van der Waals surface area contributed by atoms with E-state index in [0.29, 0.717) is 6.54 Å². The SMILES string of the molecule is Cn1ccc(CNC(=O)COC2CCNCC2)n1. The molecule has 6 nitrogen and oxygen atoms in total. The summed E-state index contributed by atoms with van der Waals surface area (Å²) in [5, 5.41) is 10.2. The van der Waals surface area contributed by atoms with Crippen LogP contribution < -0.4 is 10.6 Å². The summed E-state index contributed by atoms with van der Waals surface area (Å²) >= 11 is 0. The van der Waals surface area contributed by atoms with Crippen LogP contribution in [0.1, 0.15) is 18.5 Å². The van der Waals surface area contributed by atoms with Gasteiger partial charge in [-0.3, -0.25) is 9.48 Å². The molecule has 18 heavy (non-hydrogen) atoms. The van der Waals surface area contributed by atoms with Crippen molar-refractivity contribution in [2.45, 2.75) is 25.5 Å². The molecule has 1 aromatic heterocycles. The van der Waals surface area contributed by atoms with Gasteiger partial charge in [-0.1, -0.05) is 0 Å². The van der Waals surface area contributed by atoms with Gasteiger partial charge in [0.15, 0.2) is 0 Å². The molecule has 1 aliphatic rings. The highest BCUT2D eigenvalue weighted by Crippen LogP contribution is 2.06. The van der Waals surface area contributed by atoms with Crippen LogP contribution in [0.4, 0.5) is 0 Å². The lowest BCUT2D eigenvalue weighted by Gasteiger charge is -2.22. The van der Waals surface area contributed by atoms with E-state index in [1.165, 1.54) is 0 Å². The molecule has 0 aliphatic carbocycles.